The van der Waals surface area contributed by atoms with E-state index >= 15 is 0 Å². The van der Waals surface area contributed by atoms with Crippen molar-refractivity contribution in [2.45, 2.75) is 92.9 Å². The number of hydrogen-bond acceptors (Lipinski definition) is 0. The summed E-state index contributed by atoms with van der Waals surface area (Å²) >= 11 is 0. The Balaban J connectivity index is -0.000000384. The minimum Gasteiger partial charge on any atom is -0.269 e. The Morgan fingerprint density at radius 3 is 1.04 bits per heavy atom. The molecule has 0 bridgehead atoms. The molecule has 0 saturated carbocycles. The van der Waals surface area contributed by atoms with Crippen molar-refractivity contribution in [2.75, 3.05) is 0 Å². The van der Waals surface area contributed by atoms with Gasteiger partial charge in [0.1, 0.15) is 0 Å². The molecule has 0 spiro atoms. The molecule has 0 aliphatic heterocycles. The Labute approximate surface area is 201 Å². The fourth-order valence-electron chi connectivity index (χ4n) is 4.18. The smallest absolute Gasteiger partial charge is 0.269 e. The van der Waals surface area contributed by atoms with E-state index in [1.165, 1.54) is 49.7 Å². The maximum Gasteiger partial charge on any atom is 2.00 e. The summed E-state index contributed by atoms with van der Waals surface area (Å²) in [6.07, 6.45) is 25.4. The first-order valence-corrected chi connectivity index (χ1v) is 10.1. The zero-order chi connectivity index (χ0) is 18.1. The molecule has 2 aliphatic carbocycles. The molecule has 0 unspecified atom stereocenters. The Kier molecular flexibility index (Phi) is 19.3. The standard InChI is InChI=1S/2C12H19.2ClH.Zr/c2*1-4-12(5-2,6-3)11-9-7-8-10-11;;;/h2*7,9H,4-6,8H2,1-3H3;2*1H;/q2*-1;;;+2. The molecule has 27 heavy (non-hydrogen) atoms. The Hall–Kier alpha value is 0.423. The molecular weight excluding hydrogens is 450 g/mol. The second kappa shape index (κ2) is 16.2. The summed E-state index contributed by atoms with van der Waals surface area (Å²) in [7, 11) is 0. The predicted octanol–water partition coefficient (Wildman–Crippen LogP) is 8.63. The van der Waals surface area contributed by atoms with Gasteiger partial charge in [0.2, 0.25) is 0 Å². The Bertz CT molecular complexity index is 430. The van der Waals surface area contributed by atoms with Crippen molar-refractivity contribution in [3.63, 3.8) is 0 Å². The van der Waals surface area contributed by atoms with Crippen LogP contribution in [0.5, 0.6) is 0 Å². The van der Waals surface area contributed by atoms with Crippen molar-refractivity contribution in [3.05, 3.63) is 47.6 Å². The maximum absolute atomic E-state index is 3.46. The molecule has 0 fully saturated rings. The van der Waals surface area contributed by atoms with Gasteiger partial charge in [0.05, 0.1) is 0 Å². The Morgan fingerprint density at radius 2 is 0.889 bits per heavy atom. The van der Waals surface area contributed by atoms with E-state index in [2.05, 4.69) is 78.0 Å². The van der Waals surface area contributed by atoms with Gasteiger partial charge in [0, 0.05) is 0 Å². The first-order chi connectivity index (χ1) is 11.6. The summed E-state index contributed by atoms with van der Waals surface area (Å²) in [5, 5.41) is 0. The van der Waals surface area contributed by atoms with Gasteiger partial charge in [-0.1, -0.05) is 41.5 Å². The summed E-state index contributed by atoms with van der Waals surface area (Å²) in [5.41, 5.74) is 3.75. The van der Waals surface area contributed by atoms with Gasteiger partial charge in [-0.15, -0.1) is 37.7 Å². The molecule has 0 aromatic carbocycles. The minimum absolute atomic E-state index is 0. The average Bonchev–Trinajstić information content (AvgIpc) is 3.34. The van der Waals surface area contributed by atoms with E-state index in [0.717, 1.165) is 12.8 Å². The van der Waals surface area contributed by atoms with Crippen LogP contribution in [0.2, 0.25) is 0 Å². The van der Waals surface area contributed by atoms with Gasteiger partial charge in [-0.3, -0.25) is 12.2 Å². The van der Waals surface area contributed by atoms with Crippen LogP contribution in [0.4, 0.5) is 0 Å². The topological polar surface area (TPSA) is 0 Å². The van der Waals surface area contributed by atoms with Crippen LogP contribution in [0.1, 0.15) is 92.9 Å². The van der Waals surface area contributed by atoms with Crippen molar-refractivity contribution in [1.29, 1.82) is 0 Å². The first kappa shape index (κ1) is 32.1. The van der Waals surface area contributed by atoms with Crippen LogP contribution in [0, 0.1) is 23.0 Å². The van der Waals surface area contributed by atoms with Gasteiger partial charge in [0.25, 0.3) is 0 Å². The maximum atomic E-state index is 3.46. The summed E-state index contributed by atoms with van der Waals surface area (Å²) < 4.78 is 0. The summed E-state index contributed by atoms with van der Waals surface area (Å²) in [6.45, 7) is 13.7. The summed E-state index contributed by atoms with van der Waals surface area (Å²) in [4.78, 5) is 0. The molecule has 0 amide bonds. The van der Waals surface area contributed by atoms with Gasteiger partial charge in [-0.2, -0.15) is 12.2 Å². The second-order valence-electron chi connectivity index (χ2n) is 7.08. The molecule has 0 atom stereocenters. The molecule has 0 aromatic heterocycles. The largest absolute Gasteiger partial charge is 2.00 e. The molecule has 3 heteroatoms. The molecular formula is C24H40Cl2Zr. The average molecular weight is 491 g/mol. The SMILES string of the molecule is CCC(CC)(CC)C1=[C-]CC=C1.CCC(CC)(CC)C1=[C-]CC=C1.Cl.Cl.[Zr+2]. The summed E-state index contributed by atoms with van der Waals surface area (Å²) in [5.74, 6) is 0. The van der Waals surface area contributed by atoms with E-state index < -0.39 is 0 Å². The van der Waals surface area contributed by atoms with Crippen LogP contribution < -0.4 is 0 Å². The number of hydrogen-bond donors (Lipinski definition) is 0. The van der Waals surface area contributed by atoms with Crippen molar-refractivity contribution < 1.29 is 26.2 Å². The molecule has 2 rings (SSSR count). The quantitative estimate of drug-likeness (QED) is 0.299. The summed E-state index contributed by atoms with van der Waals surface area (Å²) in [6, 6.07) is 0. The van der Waals surface area contributed by atoms with Crippen LogP contribution in [-0.2, 0) is 26.2 Å². The van der Waals surface area contributed by atoms with Crippen molar-refractivity contribution >= 4 is 24.8 Å². The molecule has 0 saturated heterocycles. The van der Waals surface area contributed by atoms with Gasteiger partial charge >= 0.3 is 26.2 Å². The van der Waals surface area contributed by atoms with E-state index in [9.17, 15) is 0 Å². The van der Waals surface area contributed by atoms with Gasteiger partial charge in [0.15, 0.2) is 0 Å². The monoisotopic (exact) mass is 488 g/mol. The molecule has 0 N–H and O–H groups in total. The number of rotatable bonds is 8. The van der Waals surface area contributed by atoms with E-state index in [1.54, 1.807) is 0 Å². The molecule has 2 aliphatic rings. The zero-order valence-corrected chi connectivity index (χ0v) is 22.4. The van der Waals surface area contributed by atoms with Crippen molar-refractivity contribution in [1.82, 2.24) is 0 Å². The molecule has 0 heterocycles. The third-order valence-electron chi connectivity index (χ3n) is 6.59. The normalized spacial score (nSPS) is 14.9. The molecule has 0 radical (unpaired) electrons. The van der Waals surface area contributed by atoms with Crippen LogP contribution in [0.25, 0.3) is 0 Å². The molecule has 154 valence electrons. The number of allylic oxidation sites excluding steroid dienone is 8. The molecule has 0 nitrogen and oxygen atoms in total. The Morgan fingerprint density at radius 1 is 0.630 bits per heavy atom. The van der Waals surface area contributed by atoms with Gasteiger partial charge in [-0.05, 0) is 49.4 Å². The first-order valence-electron chi connectivity index (χ1n) is 10.1. The predicted molar refractivity (Wildman–Crippen MR) is 122 cm³/mol. The fraction of sp³-hybridized carbons (Fsp3) is 0.667. The van der Waals surface area contributed by atoms with E-state index in [4.69, 9.17) is 0 Å². The van der Waals surface area contributed by atoms with Crippen LogP contribution >= 0.6 is 24.8 Å². The number of halogens is 2. The van der Waals surface area contributed by atoms with E-state index in [-0.39, 0.29) is 51.0 Å². The van der Waals surface area contributed by atoms with Crippen LogP contribution in [0.3, 0.4) is 0 Å². The zero-order valence-electron chi connectivity index (χ0n) is 18.3. The van der Waals surface area contributed by atoms with Crippen molar-refractivity contribution in [3.8, 4) is 0 Å². The minimum atomic E-state index is 0. The van der Waals surface area contributed by atoms with Crippen LogP contribution in [-0.4, -0.2) is 0 Å². The van der Waals surface area contributed by atoms with Crippen molar-refractivity contribution in [2.24, 2.45) is 10.8 Å². The third kappa shape index (κ3) is 7.99. The molecule has 0 aromatic rings. The van der Waals surface area contributed by atoms with E-state index in [1.807, 2.05) is 0 Å². The van der Waals surface area contributed by atoms with Gasteiger partial charge in [-0.25, -0.2) is 23.3 Å². The van der Waals surface area contributed by atoms with Gasteiger partial charge < -0.3 is 0 Å². The fourth-order valence-corrected chi connectivity index (χ4v) is 4.18. The second-order valence-corrected chi connectivity index (χ2v) is 7.08. The van der Waals surface area contributed by atoms with E-state index in [0.29, 0.717) is 10.8 Å². The third-order valence-corrected chi connectivity index (χ3v) is 6.59. The van der Waals surface area contributed by atoms with Crippen LogP contribution in [0.15, 0.2) is 35.5 Å².